The minimum absolute atomic E-state index is 0.00418. The molecule has 0 fully saturated rings. The van der Waals surface area contributed by atoms with Crippen LogP contribution in [0, 0.1) is 11.8 Å². The first-order valence-corrected chi connectivity index (χ1v) is 6.70. The summed E-state index contributed by atoms with van der Waals surface area (Å²) in [6.45, 7) is 0.0471. The average Bonchev–Trinajstić information content (AvgIpc) is 2.69. The van der Waals surface area contributed by atoms with Gasteiger partial charge in [0.05, 0.1) is 6.61 Å². The van der Waals surface area contributed by atoms with Gasteiger partial charge in [0.25, 0.3) is 0 Å². The number of carbonyl (C=O) groups is 2. The fraction of sp³-hybridized carbons (Fsp3) is 0.714. The quantitative estimate of drug-likeness (QED) is 0.618. The number of aliphatic hydroxyl groups is 1. The van der Waals surface area contributed by atoms with Gasteiger partial charge < -0.3 is 10.2 Å². The topological polar surface area (TPSA) is 74.6 Å². The molecule has 1 aliphatic rings. The predicted octanol–water partition coefficient (Wildman–Crippen LogP) is 2.17. The third-order valence-electron chi connectivity index (χ3n) is 3.51. The molecule has 0 saturated heterocycles. The molecule has 2 N–H and O–H groups in total. The molecule has 4 nitrogen and oxygen atoms in total. The van der Waals surface area contributed by atoms with Crippen LogP contribution in [-0.4, -0.2) is 28.6 Å². The van der Waals surface area contributed by atoms with E-state index in [1.165, 1.54) is 0 Å². The molecule has 0 aromatic carbocycles. The van der Waals surface area contributed by atoms with E-state index in [0.717, 1.165) is 38.5 Å². The number of aliphatic carboxylic acids is 1. The predicted molar refractivity (Wildman–Crippen MR) is 68.2 cm³/mol. The Morgan fingerprint density at radius 3 is 2.50 bits per heavy atom. The average molecular weight is 254 g/mol. The number of rotatable bonds is 9. The summed E-state index contributed by atoms with van der Waals surface area (Å²) in [7, 11) is 0. The lowest BCUT2D eigenvalue weighted by Gasteiger charge is -2.15. The van der Waals surface area contributed by atoms with E-state index in [1.54, 1.807) is 12.2 Å². The summed E-state index contributed by atoms with van der Waals surface area (Å²) in [6, 6.07) is 0. The van der Waals surface area contributed by atoms with Crippen LogP contribution in [0.25, 0.3) is 0 Å². The van der Waals surface area contributed by atoms with E-state index in [4.69, 9.17) is 10.2 Å². The maximum Gasteiger partial charge on any atom is 0.303 e. The van der Waals surface area contributed by atoms with Crippen LogP contribution in [0.15, 0.2) is 12.2 Å². The lowest BCUT2D eigenvalue weighted by molar-refractivity contribution is -0.137. The molecule has 1 aliphatic carbocycles. The maximum absolute atomic E-state index is 11.5. The SMILES string of the molecule is O=C(O)CCCCCCCC1C(=O)C=CC1CO. The molecule has 0 heterocycles. The molecule has 0 aliphatic heterocycles. The zero-order chi connectivity index (χ0) is 13.4. The normalized spacial score (nSPS) is 22.6. The Kier molecular flexibility index (Phi) is 6.65. The van der Waals surface area contributed by atoms with Crippen LogP contribution in [0.3, 0.4) is 0 Å². The van der Waals surface area contributed by atoms with Crippen LogP contribution < -0.4 is 0 Å². The molecular weight excluding hydrogens is 232 g/mol. The number of allylic oxidation sites excluding steroid dienone is 1. The third kappa shape index (κ3) is 5.00. The van der Waals surface area contributed by atoms with Gasteiger partial charge in [0.15, 0.2) is 5.78 Å². The minimum Gasteiger partial charge on any atom is -0.481 e. The van der Waals surface area contributed by atoms with Crippen molar-refractivity contribution in [2.24, 2.45) is 11.8 Å². The van der Waals surface area contributed by atoms with Crippen molar-refractivity contribution in [3.05, 3.63) is 12.2 Å². The number of hydrogen-bond donors (Lipinski definition) is 2. The lowest BCUT2D eigenvalue weighted by Crippen LogP contribution is -2.18. The Hall–Kier alpha value is -1.16. The molecule has 0 aromatic rings. The van der Waals surface area contributed by atoms with Crippen molar-refractivity contribution in [3.63, 3.8) is 0 Å². The van der Waals surface area contributed by atoms with Gasteiger partial charge in [-0.2, -0.15) is 0 Å². The lowest BCUT2D eigenvalue weighted by atomic mass is 9.90. The zero-order valence-electron chi connectivity index (χ0n) is 10.7. The van der Waals surface area contributed by atoms with Crippen molar-refractivity contribution in [3.8, 4) is 0 Å². The second kappa shape index (κ2) is 8.03. The van der Waals surface area contributed by atoms with Gasteiger partial charge in [-0.15, -0.1) is 0 Å². The molecule has 2 atom stereocenters. The molecule has 18 heavy (non-hydrogen) atoms. The second-order valence-electron chi connectivity index (χ2n) is 4.91. The molecule has 1 rings (SSSR count). The van der Waals surface area contributed by atoms with Crippen molar-refractivity contribution >= 4 is 11.8 Å². The van der Waals surface area contributed by atoms with Crippen LogP contribution in [0.5, 0.6) is 0 Å². The number of carboxylic acid groups (broad SMARTS) is 1. The highest BCUT2D eigenvalue weighted by Crippen LogP contribution is 2.27. The maximum atomic E-state index is 11.5. The van der Waals surface area contributed by atoms with Gasteiger partial charge in [-0.1, -0.05) is 31.8 Å². The first-order valence-electron chi connectivity index (χ1n) is 6.70. The molecule has 0 saturated carbocycles. The van der Waals surface area contributed by atoms with Gasteiger partial charge >= 0.3 is 5.97 Å². The smallest absolute Gasteiger partial charge is 0.303 e. The fourth-order valence-electron chi connectivity index (χ4n) is 2.40. The van der Waals surface area contributed by atoms with Crippen LogP contribution in [-0.2, 0) is 9.59 Å². The molecule has 4 heteroatoms. The van der Waals surface area contributed by atoms with Crippen LogP contribution in [0.4, 0.5) is 0 Å². The Morgan fingerprint density at radius 2 is 1.83 bits per heavy atom. The Morgan fingerprint density at radius 1 is 1.17 bits per heavy atom. The molecule has 2 unspecified atom stereocenters. The van der Waals surface area contributed by atoms with Crippen LogP contribution in [0.1, 0.15) is 44.9 Å². The summed E-state index contributed by atoms with van der Waals surface area (Å²) in [5, 5.41) is 17.6. The Balaban J connectivity index is 2.04. The number of ketones is 1. The van der Waals surface area contributed by atoms with Gasteiger partial charge in [0.2, 0.25) is 0 Å². The summed E-state index contributed by atoms with van der Waals surface area (Å²) in [6.07, 6.45) is 9.16. The number of hydrogen-bond acceptors (Lipinski definition) is 3. The van der Waals surface area contributed by atoms with Gasteiger partial charge in [-0.25, -0.2) is 0 Å². The second-order valence-corrected chi connectivity index (χ2v) is 4.91. The molecule has 0 spiro atoms. The monoisotopic (exact) mass is 254 g/mol. The van der Waals surface area contributed by atoms with Crippen molar-refractivity contribution in [1.82, 2.24) is 0 Å². The Labute approximate surface area is 108 Å². The van der Waals surface area contributed by atoms with Crippen molar-refractivity contribution in [2.75, 3.05) is 6.61 Å². The zero-order valence-corrected chi connectivity index (χ0v) is 10.7. The van der Waals surface area contributed by atoms with Gasteiger partial charge in [0.1, 0.15) is 0 Å². The number of aliphatic hydroxyl groups excluding tert-OH is 1. The molecule has 0 radical (unpaired) electrons. The van der Waals surface area contributed by atoms with E-state index >= 15 is 0 Å². The summed E-state index contributed by atoms with van der Waals surface area (Å²) in [5.41, 5.74) is 0. The Bertz CT molecular complexity index is 309. The van der Waals surface area contributed by atoms with Gasteiger partial charge in [-0.3, -0.25) is 9.59 Å². The first kappa shape index (κ1) is 14.9. The highest BCUT2D eigenvalue weighted by Gasteiger charge is 2.28. The van der Waals surface area contributed by atoms with E-state index in [0.29, 0.717) is 0 Å². The van der Waals surface area contributed by atoms with Gasteiger partial charge in [-0.05, 0) is 18.9 Å². The van der Waals surface area contributed by atoms with E-state index < -0.39 is 5.97 Å². The van der Waals surface area contributed by atoms with Crippen LogP contribution in [0.2, 0.25) is 0 Å². The van der Waals surface area contributed by atoms with Crippen molar-refractivity contribution in [2.45, 2.75) is 44.9 Å². The molecule has 102 valence electrons. The van der Waals surface area contributed by atoms with Crippen molar-refractivity contribution in [1.29, 1.82) is 0 Å². The number of carbonyl (C=O) groups excluding carboxylic acids is 1. The largest absolute Gasteiger partial charge is 0.481 e. The summed E-state index contributed by atoms with van der Waals surface area (Å²) in [4.78, 5) is 21.8. The highest BCUT2D eigenvalue weighted by atomic mass is 16.4. The molecule has 0 aromatic heterocycles. The summed E-state index contributed by atoms with van der Waals surface area (Å²) < 4.78 is 0. The number of unbranched alkanes of at least 4 members (excludes halogenated alkanes) is 4. The standard InChI is InChI=1S/C14H22O4/c15-10-11-8-9-13(16)12(11)6-4-2-1-3-5-7-14(17)18/h8-9,11-12,15H,1-7,10H2,(H,17,18). The summed E-state index contributed by atoms with van der Waals surface area (Å²) >= 11 is 0. The summed E-state index contributed by atoms with van der Waals surface area (Å²) in [5.74, 6) is -0.623. The van der Waals surface area contributed by atoms with Crippen molar-refractivity contribution < 1.29 is 19.8 Å². The number of carboxylic acids is 1. The molecular formula is C14H22O4. The molecule has 0 bridgehead atoms. The van der Waals surface area contributed by atoms with Gasteiger partial charge in [0, 0.05) is 18.3 Å². The first-order chi connectivity index (χ1) is 8.65. The van der Waals surface area contributed by atoms with E-state index in [2.05, 4.69) is 0 Å². The van der Waals surface area contributed by atoms with E-state index in [1.807, 2.05) is 0 Å². The molecule has 0 amide bonds. The third-order valence-corrected chi connectivity index (χ3v) is 3.51. The fourth-order valence-corrected chi connectivity index (χ4v) is 2.40. The van der Waals surface area contributed by atoms with E-state index in [-0.39, 0.29) is 30.6 Å². The van der Waals surface area contributed by atoms with E-state index in [9.17, 15) is 9.59 Å². The van der Waals surface area contributed by atoms with Crippen LogP contribution >= 0.6 is 0 Å². The highest BCUT2D eigenvalue weighted by molar-refractivity contribution is 5.94. The minimum atomic E-state index is -0.733.